The van der Waals surface area contributed by atoms with Gasteiger partial charge in [-0.1, -0.05) is 107 Å². The van der Waals surface area contributed by atoms with Crippen molar-refractivity contribution < 1.29 is 14.3 Å². The van der Waals surface area contributed by atoms with Crippen LogP contribution in [-0.4, -0.2) is 17.9 Å². The van der Waals surface area contributed by atoms with Gasteiger partial charge in [0, 0.05) is 12.0 Å². The van der Waals surface area contributed by atoms with Crippen molar-refractivity contribution in [2.24, 2.45) is 46.3 Å². The predicted octanol–water partition coefficient (Wildman–Crippen LogP) is 8.76. The first-order valence-corrected chi connectivity index (χ1v) is 15.4. The lowest BCUT2D eigenvalue weighted by Crippen LogP contribution is -2.47. The Balaban J connectivity index is 1.29. The average Bonchev–Trinajstić information content (AvgIpc) is 3.29. The van der Waals surface area contributed by atoms with Crippen LogP contribution < -0.4 is 0 Å². The van der Waals surface area contributed by atoms with Crippen molar-refractivity contribution in [3.63, 3.8) is 0 Å². The van der Waals surface area contributed by atoms with Crippen molar-refractivity contribution in [3.8, 4) is 0 Å². The molecule has 0 spiro atoms. The van der Waals surface area contributed by atoms with Gasteiger partial charge in [-0.05, 0) is 84.9 Å². The number of fused-ring (bicyclic) bond motifs is 5. The van der Waals surface area contributed by atoms with Crippen molar-refractivity contribution in [1.29, 1.82) is 0 Å². The lowest BCUT2D eigenvalue weighted by Gasteiger charge is -2.55. The summed E-state index contributed by atoms with van der Waals surface area (Å²) < 4.78 is 5.76. The van der Waals surface area contributed by atoms with Gasteiger partial charge in [-0.25, -0.2) is 4.79 Å². The number of ether oxygens (including phenoxy) is 1. The fraction of sp³-hybridized carbons (Fsp3) is 0.611. The first kappa shape index (κ1) is 28.1. The van der Waals surface area contributed by atoms with Crippen molar-refractivity contribution in [3.05, 3.63) is 71.3 Å². The van der Waals surface area contributed by atoms with E-state index in [-0.39, 0.29) is 11.5 Å². The number of hydrogen-bond acceptors (Lipinski definition) is 3. The second kappa shape index (κ2) is 10.9. The highest BCUT2D eigenvalue weighted by atomic mass is 16.5. The van der Waals surface area contributed by atoms with Crippen LogP contribution >= 0.6 is 0 Å². The van der Waals surface area contributed by atoms with Gasteiger partial charge in [0.2, 0.25) is 0 Å². The Morgan fingerprint density at radius 2 is 1.64 bits per heavy atom. The van der Waals surface area contributed by atoms with E-state index < -0.39 is 11.8 Å². The Morgan fingerprint density at radius 1 is 0.897 bits per heavy atom. The van der Waals surface area contributed by atoms with Gasteiger partial charge in [-0.15, -0.1) is 0 Å². The molecule has 0 heterocycles. The maximum Gasteiger partial charge on any atom is 0.379 e. The smallest absolute Gasteiger partial charge is 0.379 e. The van der Waals surface area contributed by atoms with E-state index in [2.05, 4.69) is 65.8 Å². The minimum absolute atomic E-state index is 0.133. The first-order chi connectivity index (χ1) is 18.5. The minimum atomic E-state index is -0.723. The van der Waals surface area contributed by atoms with Gasteiger partial charge in [-0.2, -0.15) is 0 Å². The number of hydrogen-bond donors (Lipinski definition) is 0. The third-order valence-electron chi connectivity index (χ3n) is 11.5. The van der Waals surface area contributed by atoms with Crippen LogP contribution in [0.2, 0.25) is 0 Å². The molecule has 4 aliphatic carbocycles. The molecule has 1 aromatic carbocycles. The minimum Gasteiger partial charge on any atom is -0.456 e. The zero-order valence-electron chi connectivity index (χ0n) is 24.9. The Bertz CT molecular complexity index is 1170. The Morgan fingerprint density at radius 3 is 2.36 bits per heavy atom. The Kier molecular flexibility index (Phi) is 7.83. The quantitative estimate of drug-likeness (QED) is 0.154. The molecule has 0 aliphatic heterocycles. The fourth-order valence-corrected chi connectivity index (χ4v) is 8.59. The van der Waals surface area contributed by atoms with Gasteiger partial charge in [0.25, 0.3) is 5.78 Å². The molecule has 0 amide bonds. The summed E-state index contributed by atoms with van der Waals surface area (Å²) in [6.07, 6.45) is 17.3. The van der Waals surface area contributed by atoms with Crippen LogP contribution in [0.4, 0.5) is 0 Å². The van der Waals surface area contributed by atoms with Crippen molar-refractivity contribution in [2.75, 3.05) is 0 Å². The topological polar surface area (TPSA) is 43.4 Å². The highest BCUT2D eigenvalue weighted by Crippen LogP contribution is 2.66. The molecule has 3 fully saturated rings. The highest BCUT2D eigenvalue weighted by Gasteiger charge is 2.57. The molecular weight excluding hydrogens is 480 g/mol. The lowest BCUT2D eigenvalue weighted by molar-refractivity contribution is -0.145. The van der Waals surface area contributed by atoms with Gasteiger partial charge in [0.1, 0.15) is 6.10 Å². The molecule has 0 saturated heterocycles. The van der Waals surface area contributed by atoms with E-state index in [0.29, 0.717) is 40.6 Å². The van der Waals surface area contributed by atoms with Crippen LogP contribution in [-0.2, 0) is 9.53 Å². The van der Waals surface area contributed by atoms with Crippen molar-refractivity contribution in [1.82, 2.24) is 0 Å². The molecule has 3 nitrogen and oxygen atoms in total. The van der Waals surface area contributed by atoms with Crippen LogP contribution in [0.25, 0.3) is 0 Å². The van der Waals surface area contributed by atoms with Crippen LogP contribution in [0.15, 0.2) is 65.8 Å². The molecule has 4 aliphatic rings. The first-order valence-electron chi connectivity index (χ1n) is 15.4. The molecule has 39 heavy (non-hydrogen) atoms. The van der Waals surface area contributed by atoms with Crippen LogP contribution in [0, 0.1) is 46.3 Å². The van der Waals surface area contributed by atoms with Gasteiger partial charge >= 0.3 is 5.97 Å². The fourth-order valence-electron chi connectivity index (χ4n) is 8.59. The van der Waals surface area contributed by atoms with E-state index in [0.717, 1.165) is 25.2 Å². The molecule has 3 heteroatoms. The normalized spacial score (nSPS) is 35.4. The molecule has 3 saturated carbocycles. The number of Topliss-reactive ketones (excluding diaryl/α,β-unsaturated/α-hetero) is 1. The summed E-state index contributed by atoms with van der Waals surface area (Å²) in [5.41, 5.74) is 4.00. The molecule has 6 unspecified atom stereocenters. The summed E-state index contributed by atoms with van der Waals surface area (Å²) in [7, 11) is 0. The molecular formula is C36H48O3. The van der Waals surface area contributed by atoms with E-state index in [1.165, 1.54) is 31.3 Å². The summed E-state index contributed by atoms with van der Waals surface area (Å²) in [6.45, 7) is 14.5. The molecule has 0 radical (unpaired) electrons. The number of esters is 1. The van der Waals surface area contributed by atoms with E-state index in [1.807, 2.05) is 6.07 Å². The van der Waals surface area contributed by atoms with Gasteiger partial charge in [0.05, 0.1) is 0 Å². The number of carbonyl (C=O) groups is 2. The average molecular weight is 529 g/mol. The van der Waals surface area contributed by atoms with Crippen LogP contribution in [0.5, 0.6) is 0 Å². The molecule has 5 rings (SSSR count). The maximum atomic E-state index is 12.6. The summed E-state index contributed by atoms with van der Waals surface area (Å²) in [5, 5.41) is 0. The molecule has 0 aromatic heterocycles. The Labute approximate surface area is 236 Å². The second-order valence-electron chi connectivity index (χ2n) is 13.9. The summed E-state index contributed by atoms with van der Waals surface area (Å²) in [4.78, 5) is 25.2. The number of benzene rings is 1. The van der Waals surface area contributed by atoms with E-state index >= 15 is 0 Å². The van der Waals surface area contributed by atoms with E-state index in [4.69, 9.17) is 4.74 Å². The third kappa shape index (κ3) is 5.11. The number of ketones is 1. The third-order valence-corrected chi connectivity index (χ3v) is 11.5. The maximum absolute atomic E-state index is 12.6. The number of allylic oxidation sites excluding steroid dienone is 5. The van der Waals surface area contributed by atoms with Crippen LogP contribution in [0.1, 0.15) is 96.8 Å². The lowest BCUT2D eigenvalue weighted by atomic mass is 9.50. The molecule has 1 aromatic rings. The highest BCUT2D eigenvalue weighted by molar-refractivity contribution is 6.40. The van der Waals surface area contributed by atoms with Crippen LogP contribution in [0.3, 0.4) is 0 Å². The molecule has 0 bridgehead atoms. The molecule has 210 valence electrons. The zero-order chi connectivity index (χ0) is 27.9. The van der Waals surface area contributed by atoms with Gasteiger partial charge in [-0.3, -0.25) is 4.79 Å². The predicted molar refractivity (Wildman–Crippen MR) is 158 cm³/mol. The van der Waals surface area contributed by atoms with Crippen molar-refractivity contribution >= 4 is 11.8 Å². The zero-order valence-corrected chi connectivity index (χ0v) is 24.9. The monoisotopic (exact) mass is 528 g/mol. The SMILES string of the molecule is CC(C)[C@@H](C)/C=C/[C@@H](C)C1CCC2C3=CC=C4CC(OC(=O)C(=O)c5ccccc5)CCC4(C)C3CCC21C. The largest absolute Gasteiger partial charge is 0.456 e. The summed E-state index contributed by atoms with van der Waals surface area (Å²) in [5.74, 6) is 2.67. The summed E-state index contributed by atoms with van der Waals surface area (Å²) >= 11 is 0. The standard InChI is InChI=1S/C36H48O3/c1-23(2)24(3)12-13-25(4)30-16-17-31-29-15-14-27-22-28(39-34(38)33(37)26-10-8-7-9-11-26)18-20-35(27,5)32(29)19-21-36(30,31)6/h7-15,23-25,28,30-32H,16-22H2,1-6H3/b13-12+/t24-,25+,28?,30?,31?,32?,35?,36?/m0/s1. The van der Waals surface area contributed by atoms with E-state index in [1.54, 1.807) is 29.8 Å². The molecule has 0 N–H and O–H groups in total. The summed E-state index contributed by atoms with van der Waals surface area (Å²) in [6, 6.07) is 8.73. The number of carbonyl (C=O) groups excluding carboxylic acids is 2. The van der Waals surface area contributed by atoms with Crippen molar-refractivity contribution in [2.45, 2.75) is 92.6 Å². The molecule has 8 atom stereocenters. The number of rotatable bonds is 7. The van der Waals surface area contributed by atoms with Gasteiger partial charge < -0.3 is 4.74 Å². The second-order valence-corrected chi connectivity index (χ2v) is 13.9. The Hall–Kier alpha value is -2.42. The van der Waals surface area contributed by atoms with Gasteiger partial charge in [0.15, 0.2) is 0 Å². The van der Waals surface area contributed by atoms with E-state index in [9.17, 15) is 9.59 Å².